The Kier molecular flexibility index (Phi) is 8.12. The molecule has 0 saturated carbocycles. The summed E-state index contributed by atoms with van der Waals surface area (Å²) in [6, 6.07) is 0. The van der Waals surface area contributed by atoms with Gasteiger partial charge >= 0.3 is 0 Å². The van der Waals surface area contributed by atoms with Crippen LogP contribution in [0.5, 0.6) is 0 Å². The number of rotatable bonds is 10. The molecule has 1 N–H and O–H groups in total. The predicted octanol–water partition coefficient (Wildman–Crippen LogP) is 3.43. The third-order valence-corrected chi connectivity index (χ3v) is 3.48. The van der Waals surface area contributed by atoms with Crippen LogP contribution in [0.4, 0.5) is 0 Å². The van der Waals surface area contributed by atoms with Crippen LogP contribution in [0, 0.1) is 0 Å². The summed E-state index contributed by atoms with van der Waals surface area (Å²) in [5.74, 6) is 1.11. The summed E-state index contributed by atoms with van der Waals surface area (Å²) in [4.78, 5) is 0. The molecule has 0 amide bonds. The molecule has 1 aromatic heterocycles. The van der Waals surface area contributed by atoms with Crippen molar-refractivity contribution in [1.29, 1.82) is 0 Å². The minimum atomic E-state index is 0.767. The highest BCUT2D eigenvalue weighted by Gasteiger charge is 1.97. The molecule has 0 atom stereocenters. The van der Waals surface area contributed by atoms with E-state index in [1.165, 1.54) is 51.4 Å². The maximum atomic E-state index is 3.90. The smallest absolute Gasteiger partial charge is 0.176 e. The van der Waals surface area contributed by atoms with Crippen LogP contribution in [-0.2, 0) is 0 Å². The number of aromatic nitrogens is 4. The number of nitrogens with zero attached hydrogens (tertiary/aromatic N) is 3. The van der Waals surface area contributed by atoms with E-state index in [-0.39, 0.29) is 0 Å². The molecule has 16 heavy (non-hydrogen) atoms. The van der Waals surface area contributed by atoms with Gasteiger partial charge in [0.1, 0.15) is 0 Å². The first-order valence-corrected chi connectivity index (χ1v) is 7.28. The van der Waals surface area contributed by atoms with E-state index < -0.39 is 0 Å². The second-order valence-electron chi connectivity index (χ2n) is 4.02. The SMILES string of the molecule is CCCCCCCCCCSc1nn[nH]n1. The zero-order valence-electron chi connectivity index (χ0n) is 10.1. The van der Waals surface area contributed by atoms with Crippen molar-refractivity contribution in [2.75, 3.05) is 5.75 Å². The van der Waals surface area contributed by atoms with Gasteiger partial charge in [-0.3, -0.25) is 0 Å². The van der Waals surface area contributed by atoms with E-state index in [9.17, 15) is 0 Å². The summed E-state index contributed by atoms with van der Waals surface area (Å²) in [5, 5.41) is 14.5. The van der Waals surface area contributed by atoms with Gasteiger partial charge in [-0.1, -0.05) is 63.6 Å². The molecular formula is C11H22N4S. The Bertz CT molecular complexity index is 238. The zero-order chi connectivity index (χ0) is 11.5. The van der Waals surface area contributed by atoms with Gasteiger partial charge in [-0.05, 0) is 11.6 Å². The molecule has 0 unspecified atom stereocenters. The molecule has 0 aromatic carbocycles. The van der Waals surface area contributed by atoms with Crippen molar-refractivity contribution >= 4 is 11.8 Å². The Morgan fingerprint density at radius 3 is 2.31 bits per heavy atom. The Morgan fingerprint density at radius 2 is 1.69 bits per heavy atom. The molecule has 4 nitrogen and oxygen atoms in total. The van der Waals surface area contributed by atoms with E-state index in [4.69, 9.17) is 0 Å². The molecule has 0 spiro atoms. The molecule has 5 heteroatoms. The molecule has 0 bridgehead atoms. The molecule has 1 heterocycles. The van der Waals surface area contributed by atoms with Crippen molar-refractivity contribution in [3.05, 3.63) is 0 Å². The third kappa shape index (κ3) is 6.82. The molecule has 0 radical (unpaired) electrons. The van der Waals surface area contributed by atoms with Crippen molar-refractivity contribution in [3.63, 3.8) is 0 Å². The van der Waals surface area contributed by atoms with Crippen molar-refractivity contribution in [2.45, 2.75) is 63.4 Å². The first-order chi connectivity index (χ1) is 7.93. The highest BCUT2D eigenvalue weighted by atomic mass is 32.2. The van der Waals surface area contributed by atoms with Gasteiger partial charge in [0.2, 0.25) is 5.16 Å². The van der Waals surface area contributed by atoms with E-state index in [1.54, 1.807) is 11.8 Å². The highest BCUT2D eigenvalue weighted by molar-refractivity contribution is 7.99. The standard InChI is InChI=1S/C11H22N4S/c1-2-3-4-5-6-7-8-9-10-16-11-12-14-15-13-11/h2-10H2,1H3,(H,12,13,14,15). The fraction of sp³-hybridized carbons (Fsp3) is 0.909. The Labute approximate surface area is 102 Å². The lowest BCUT2D eigenvalue weighted by Gasteiger charge is -2.00. The van der Waals surface area contributed by atoms with Crippen molar-refractivity contribution < 1.29 is 0 Å². The van der Waals surface area contributed by atoms with Gasteiger partial charge in [-0.15, -0.1) is 10.2 Å². The number of hydrogen-bond acceptors (Lipinski definition) is 4. The topological polar surface area (TPSA) is 54.5 Å². The zero-order valence-corrected chi connectivity index (χ0v) is 10.9. The van der Waals surface area contributed by atoms with Crippen LogP contribution in [0.2, 0.25) is 0 Å². The van der Waals surface area contributed by atoms with Crippen molar-refractivity contribution in [3.8, 4) is 0 Å². The van der Waals surface area contributed by atoms with Crippen LogP contribution in [0.25, 0.3) is 0 Å². The summed E-state index contributed by atoms with van der Waals surface area (Å²) in [6.45, 7) is 2.26. The van der Waals surface area contributed by atoms with Gasteiger partial charge in [-0.25, -0.2) is 0 Å². The van der Waals surface area contributed by atoms with Gasteiger partial charge in [0.25, 0.3) is 0 Å². The maximum absolute atomic E-state index is 3.90. The molecule has 1 aromatic rings. The van der Waals surface area contributed by atoms with Crippen LogP contribution in [0.15, 0.2) is 5.16 Å². The molecular weight excluding hydrogens is 220 g/mol. The Morgan fingerprint density at radius 1 is 1.00 bits per heavy atom. The van der Waals surface area contributed by atoms with E-state index in [1.807, 2.05) is 0 Å². The number of nitrogens with one attached hydrogen (secondary N) is 1. The number of thioether (sulfide) groups is 1. The van der Waals surface area contributed by atoms with Crippen LogP contribution >= 0.6 is 11.8 Å². The third-order valence-electron chi connectivity index (χ3n) is 2.55. The lowest BCUT2D eigenvalue weighted by Crippen LogP contribution is -1.84. The summed E-state index contributed by atoms with van der Waals surface area (Å²) < 4.78 is 0. The number of aromatic amines is 1. The van der Waals surface area contributed by atoms with Gasteiger partial charge in [0, 0.05) is 5.75 Å². The fourth-order valence-electron chi connectivity index (χ4n) is 1.61. The largest absolute Gasteiger partial charge is 0.230 e. The number of tetrazole rings is 1. The first-order valence-electron chi connectivity index (χ1n) is 6.29. The first kappa shape index (κ1) is 13.5. The van der Waals surface area contributed by atoms with E-state index in [2.05, 4.69) is 27.5 Å². The van der Waals surface area contributed by atoms with Gasteiger partial charge in [0.05, 0.1) is 0 Å². The predicted molar refractivity (Wildman–Crippen MR) is 67.5 cm³/mol. The van der Waals surface area contributed by atoms with E-state index >= 15 is 0 Å². The van der Waals surface area contributed by atoms with Crippen molar-refractivity contribution in [2.24, 2.45) is 0 Å². The van der Waals surface area contributed by atoms with E-state index in [0.29, 0.717) is 0 Å². The van der Waals surface area contributed by atoms with E-state index in [0.717, 1.165) is 10.9 Å². The second kappa shape index (κ2) is 9.63. The summed E-state index contributed by atoms with van der Waals surface area (Å²) in [6.07, 6.45) is 10.9. The molecule has 92 valence electrons. The Hall–Kier alpha value is -0.580. The van der Waals surface area contributed by atoms with Gasteiger partial charge in [-0.2, -0.15) is 5.21 Å². The average molecular weight is 242 g/mol. The number of unbranched alkanes of at least 4 members (excludes halogenated alkanes) is 7. The highest BCUT2D eigenvalue weighted by Crippen LogP contribution is 2.14. The van der Waals surface area contributed by atoms with Crippen molar-refractivity contribution in [1.82, 2.24) is 20.6 Å². The normalized spacial score (nSPS) is 10.8. The number of H-pyrrole nitrogens is 1. The van der Waals surface area contributed by atoms with Crippen LogP contribution < -0.4 is 0 Å². The fourth-order valence-corrected chi connectivity index (χ4v) is 2.35. The molecule has 0 fully saturated rings. The van der Waals surface area contributed by atoms with Gasteiger partial charge in [0.15, 0.2) is 0 Å². The summed E-state index contributed by atoms with van der Waals surface area (Å²) >= 11 is 1.68. The minimum absolute atomic E-state index is 0.767. The quantitative estimate of drug-likeness (QED) is 0.504. The summed E-state index contributed by atoms with van der Waals surface area (Å²) in [5.41, 5.74) is 0. The molecule has 0 aliphatic rings. The second-order valence-corrected chi connectivity index (χ2v) is 5.08. The molecule has 1 rings (SSSR count). The van der Waals surface area contributed by atoms with Crippen LogP contribution in [0.3, 0.4) is 0 Å². The molecule has 0 saturated heterocycles. The lowest BCUT2D eigenvalue weighted by molar-refractivity contribution is 0.586. The Balaban J connectivity index is 1.78. The average Bonchev–Trinajstić information content (AvgIpc) is 2.80. The molecule has 0 aliphatic carbocycles. The molecule has 0 aliphatic heterocycles. The maximum Gasteiger partial charge on any atom is 0.230 e. The van der Waals surface area contributed by atoms with Crippen LogP contribution in [0.1, 0.15) is 58.3 Å². The summed E-state index contributed by atoms with van der Waals surface area (Å²) in [7, 11) is 0. The van der Waals surface area contributed by atoms with Gasteiger partial charge < -0.3 is 0 Å². The lowest BCUT2D eigenvalue weighted by atomic mass is 10.1. The van der Waals surface area contributed by atoms with Crippen LogP contribution in [-0.4, -0.2) is 26.4 Å². The number of hydrogen-bond donors (Lipinski definition) is 1. The monoisotopic (exact) mass is 242 g/mol. The minimum Gasteiger partial charge on any atom is -0.176 e.